The van der Waals surface area contributed by atoms with Gasteiger partial charge in [0.25, 0.3) is 0 Å². The van der Waals surface area contributed by atoms with Crippen molar-refractivity contribution in [2.45, 2.75) is 57.5 Å². The summed E-state index contributed by atoms with van der Waals surface area (Å²) in [6, 6.07) is 17.3. The van der Waals surface area contributed by atoms with Gasteiger partial charge in [0.1, 0.15) is 5.75 Å². The number of carbonyl (C=O) groups excluding carboxylic acids is 1. The lowest BCUT2D eigenvalue weighted by Crippen LogP contribution is -2.38. The molecule has 0 spiro atoms. The monoisotopic (exact) mass is 455 g/mol. The molecule has 1 atom stereocenters. The maximum atomic E-state index is 13.7. The lowest BCUT2D eigenvalue weighted by Gasteiger charge is -2.29. The van der Waals surface area contributed by atoms with E-state index < -0.39 is 5.41 Å². The van der Waals surface area contributed by atoms with Crippen LogP contribution < -0.4 is 10.1 Å². The van der Waals surface area contributed by atoms with Gasteiger partial charge in [-0.1, -0.05) is 73.3 Å². The summed E-state index contributed by atoms with van der Waals surface area (Å²) in [4.78, 5) is 13.7. The second-order valence-corrected chi connectivity index (χ2v) is 9.20. The Hall–Kier alpha value is -2.23. The fourth-order valence-electron chi connectivity index (χ4n) is 4.50. The zero-order valence-corrected chi connectivity index (χ0v) is 19.4. The first-order valence-corrected chi connectivity index (χ1v) is 11.7. The summed E-state index contributed by atoms with van der Waals surface area (Å²) in [5.74, 6) is 0.814. The predicted molar refractivity (Wildman–Crippen MR) is 130 cm³/mol. The van der Waals surface area contributed by atoms with Crippen molar-refractivity contribution in [2.75, 3.05) is 5.32 Å². The first kappa shape index (κ1) is 22.0. The van der Waals surface area contributed by atoms with E-state index >= 15 is 0 Å². The minimum atomic E-state index is -0.644. The highest BCUT2D eigenvalue weighted by atomic mass is 35.5. The lowest BCUT2D eigenvalue weighted by molar-refractivity contribution is -0.121. The van der Waals surface area contributed by atoms with E-state index in [-0.39, 0.29) is 12.0 Å². The zero-order chi connectivity index (χ0) is 22.0. The van der Waals surface area contributed by atoms with Crippen LogP contribution in [0.15, 0.2) is 54.6 Å². The molecule has 3 nitrogen and oxygen atoms in total. The lowest BCUT2D eigenvalue weighted by atomic mass is 9.77. The van der Waals surface area contributed by atoms with Crippen LogP contribution in [0.25, 0.3) is 10.8 Å². The zero-order valence-electron chi connectivity index (χ0n) is 17.9. The average molecular weight is 456 g/mol. The molecule has 1 fully saturated rings. The van der Waals surface area contributed by atoms with Gasteiger partial charge < -0.3 is 10.1 Å². The first-order valence-electron chi connectivity index (χ1n) is 10.9. The van der Waals surface area contributed by atoms with Crippen LogP contribution in [0.5, 0.6) is 5.75 Å². The summed E-state index contributed by atoms with van der Waals surface area (Å²) in [7, 11) is 0. The molecule has 162 valence electrons. The number of carbonyl (C=O) groups is 1. The van der Waals surface area contributed by atoms with Gasteiger partial charge in [-0.2, -0.15) is 0 Å². The molecule has 3 aromatic rings. The topological polar surface area (TPSA) is 38.3 Å². The molecule has 1 amide bonds. The number of rotatable bonds is 6. The highest BCUT2D eigenvalue weighted by Crippen LogP contribution is 2.45. The van der Waals surface area contributed by atoms with Crippen molar-refractivity contribution in [2.24, 2.45) is 0 Å². The molecule has 31 heavy (non-hydrogen) atoms. The van der Waals surface area contributed by atoms with Gasteiger partial charge in [-0.25, -0.2) is 0 Å². The Morgan fingerprint density at radius 1 is 1.06 bits per heavy atom. The molecule has 1 aliphatic carbocycles. The summed E-state index contributed by atoms with van der Waals surface area (Å²) in [5, 5.41) is 6.29. The number of hydrogen-bond acceptors (Lipinski definition) is 2. The van der Waals surface area contributed by atoms with Crippen LogP contribution >= 0.6 is 23.2 Å². The van der Waals surface area contributed by atoms with Gasteiger partial charge in [0.05, 0.1) is 11.5 Å². The smallest absolute Gasteiger partial charge is 0.235 e. The van der Waals surface area contributed by atoms with Crippen molar-refractivity contribution in [3.05, 3.63) is 70.2 Å². The molecular weight excluding hydrogens is 429 g/mol. The van der Waals surface area contributed by atoms with Gasteiger partial charge in [0.15, 0.2) is 0 Å². The van der Waals surface area contributed by atoms with Crippen LogP contribution in [0.4, 0.5) is 5.69 Å². The van der Waals surface area contributed by atoms with Gasteiger partial charge in [-0.15, -0.1) is 0 Å². The quantitative estimate of drug-likeness (QED) is 0.411. The van der Waals surface area contributed by atoms with Gasteiger partial charge in [0, 0.05) is 26.5 Å². The third-order valence-electron chi connectivity index (χ3n) is 6.37. The van der Waals surface area contributed by atoms with E-state index in [4.69, 9.17) is 27.9 Å². The van der Waals surface area contributed by atoms with E-state index in [1.165, 1.54) is 0 Å². The number of ether oxygens (including phenoxy) is 1. The maximum absolute atomic E-state index is 13.7. The molecule has 0 aliphatic heterocycles. The van der Waals surface area contributed by atoms with Crippen LogP contribution in [-0.4, -0.2) is 12.0 Å². The summed E-state index contributed by atoms with van der Waals surface area (Å²) >= 11 is 12.7. The molecule has 0 radical (unpaired) electrons. The first-order chi connectivity index (χ1) is 14.9. The molecule has 1 aliphatic rings. The number of amides is 1. The van der Waals surface area contributed by atoms with Crippen molar-refractivity contribution < 1.29 is 9.53 Å². The number of hydrogen-bond donors (Lipinski definition) is 1. The Kier molecular flexibility index (Phi) is 6.45. The van der Waals surface area contributed by atoms with Gasteiger partial charge in [0.2, 0.25) is 5.91 Å². The fourth-order valence-corrected chi connectivity index (χ4v) is 5.09. The van der Waals surface area contributed by atoms with Crippen LogP contribution in [0.1, 0.15) is 51.5 Å². The van der Waals surface area contributed by atoms with Crippen LogP contribution in [-0.2, 0) is 10.2 Å². The summed E-state index contributed by atoms with van der Waals surface area (Å²) in [6.07, 6.45) is 4.58. The van der Waals surface area contributed by atoms with Gasteiger partial charge >= 0.3 is 0 Å². The third kappa shape index (κ3) is 4.26. The minimum absolute atomic E-state index is 0.0185. The van der Waals surface area contributed by atoms with Crippen molar-refractivity contribution in [1.29, 1.82) is 0 Å². The van der Waals surface area contributed by atoms with E-state index in [9.17, 15) is 4.79 Å². The summed E-state index contributed by atoms with van der Waals surface area (Å²) in [6.45, 7) is 4.16. The normalized spacial score (nSPS) is 16.3. The van der Waals surface area contributed by atoms with Crippen molar-refractivity contribution in [3.63, 3.8) is 0 Å². The number of benzene rings is 3. The van der Waals surface area contributed by atoms with E-state index in [0.717, 1.165) is 59.9 Å². The van der Waals surface area contributed by atoms with Crippen LogP contribution in [0, 0.1) is 0 Å². The third-order valence-corrected chi connectivity index (χ3v) is 6.92. The summed E-state index contributed by atoms with van der Waals surface area (Å²) in [5.41, 5.74) is 0.998. The Morgan fingerprint density at radius 3 is 2.45 bits per heavy atom. The maximum Gasteiger partial charge on any atom is 0.235 e. The van der Waals surface area contributed by atoms with Crippen molar-refractivity contribution in [1.82, 2.24) is 0 Å². The van der Waals surface area contributed by atoms with Crippen molar-refractivity contribution >= 4 is 45.6 Å². The van der Waals surface area contributed by atoms with Crippen molar-refractivity contribution in [3.8, 4) is 5.75 Å². The van der Waals surface area contributed by atoms with Gasteiger partial charge in [-0.3, -0.25) is 4.79 Å². The number of halogens is 2. The number of nitrogens with one attached hydrogen (secondary N) is 1. The highest BCUT2D eigenvalue weighted by molar-refractivity contribution is 6.35. The SMILES string of the molecule is CC[C@H](C)Oc1ccc(NC(=O)C2(c3ccc(Cl)cc3Cl)CCCC2)c2ccccc12. The molecule has 3 aromatic carbocycles. The summed E-state index contributed by atoms with van der Waals surface area (Å²) < 4.78 is 6.11. The molecule has 0 saturated heterocycles. The van der Waals surface area contributed by atoms with Crippen LogP contribution in [0.2, 0.25) is 10.0 Å². The molecule has 4 rings (SSSR count). The number of fused-ring (bicyclic) bond motifs is 1. The highest BCUT2D eigenvalue weighted by Gasteiger charge is 2.44. The molecule has 0 aromatic heterocycles. The van der Waals surface area contributed by atoms with Gasteiger partial charge in [-0.05, 0) is 56.0 Å². The second-order valence-electron chi connectivity index (χ2n) is 8.36. The number of anilines is 1. The largest absolute Gasteiger partial charge is 0.490 e. The Labute approximate surface area is 193 Å². The predicted octanol–water partition coefficient (Wildman–Crippen LogP) is 7.77. The van der Waals surface area contributed by atoms with E-state index in [1.807, 2.05) is 48.5 Å². The second kappa shape index (κ2) is 9.10. The molecule has 1 N–H and O–H groups in total. The van der Waals surface area contributed by atoms with E-state index in [0.29, 0.717) is 10.0 Å². The Bertz CT molecular complexity index is 1110. The van der Waals surface area contributed by atoms with E-state index in [2.05, 4.69) is 19.2 Å². The molecule has 5 heteroatoms. The average Bonchev–Trinajstić information content (AvgIpc) is 3.26. The van der Waals surface area contributed by atoms with Crippen LogP contribution in [0.3, 0.4) is 0 Å². The van der Waals surface area contributed by atoms with E-state index in [1.54, 1.807) is 6.07 Å². The Balaban J connectivity index is 1.71. The minimum Gasteiger partial charge on any atom is -0.490 e. The molecule has 0 unspecified atom stereocenters. The molecule has 0 heterocycles. The molecular formula is C26H27Cl2NO2. The fraction of sp³-hybridized carbons (Fsp3) is 0.346. The molecule has 0 bridgehead atoms. The Morgan fingerprint density at radius 2 is 1.77 bits per heavy atom. The standard InChI is InChI=1S/C26H27Cl2NO2/c1-3-17(2)31-24-13-12-23(19-8-4-5-9-20(19)24)29-25(30)26(14-6-7-15-26)21-11-10-18(27)16-22(21)28/h4-5,8-13,16-17H,3,6-7,14-15H2,1-2H3,(H,29,30)/t17-/m0/s1. The molecule has 1 saturated carbocycles.